The van der Waals surface area contributed by atoms with Crippen LogP contribution in [0.25, 0.3) is 0 Å². The van der Waals surface area contributed by atoms with Gasteiger partial charge in [-0.05, 0) is 26.2 Å². The van der Waals surface area contributed by atoms with Gasteiger partial charge in [-0.1, -0.05) is 6.08 Å². The third kappa shape index (κ3) is 2.34. The zero-order valence-electron chi connectivity index (χ0n) is 7.47. The van der Waals surface area contributed by atoms with Crippen molar-refractivity contribution >= 4 is 5.91 Å². The van der Waals surface area contributed by atoms with Crippen molar-refractivity contribution in [2.24, 2.45) is 5.73 Å². The van der Waals surface area contributed by atoms with Crippen molar-refractivity contribution in [2.75, 3.05) is 6.54 Å². The minimum atomic E-state index is -0.0253. The highest BCUT2D eigenvalue weighted by Gasteiger charge is 2.32. The van der Waals surface area contributed by atoms with Crippen molar-refractivity contribution < 1.29 is 4.79 Å². The Kier molecular flexibility index (Phi) is 2.87. The lowest BCUT2D eigenvalue weighted by Gasteiger charge is -2.38. The highest BCUT2D eigenvalue weighted by molar-refractivity contribution is 5.88. The second kappa shape index (κ2) is 3.72. The van der Waals surface area contributed by atoms with Gasteiger partial charge in [0.05, 0.1) is 0 Å². The van der Waals surface area contributed by atoms with Gasteiger partial charge < -0.3 is 11.1 Å². The van der Waals surface area contributed by atoms with E-state index >= 15 is 0 Å². The molecule has 1 aliphatic rings. The Labute approximate surface area is 73.0 Å². The van der Waals surface area contributed by atoms with Crippen LogP contribution in [0.5, 0.6) is 0 Å². The van der Waals surface area contributed by atoms with Crippen LogP contribution in [0.15, 0.2) is 12.2 Å². The van der Waals surface area contributed by atoms with Gasteiger partial charge in [-0.25, -0.2) is 0 Å². The molecule has 0 aromatic carbocycles. The molecule has 1 fully saturated rings. The summed E-state index contributed by atoms with van der Waals surface area (Å²) in [5.74, 6) is -0.0253. The smallest absolute Gasteiger partial charge is 0.244 e. The van der Waals surface area contributed by atoms with Crippen LogP contribution in [-0.4, -0.2) is 18.0 Å². The van der Waals surface area contributed by atoms with Crippen LogP contribution in [0.4, 0.5) is 0 Å². The van der Waals surface area contributed by atoms with Gasteiger partial charge in [-0.15, -0.1) is 0 Å². The molecule has 0 aliphatic heterocycles. The summed E-state index contributed by atoms with van der Waals surface area (Å²) >= 11 is 0. The fourth-order valence-electron chi connectivity index (χ4n) is 1.35. The zero-order valence-corrected chi connectivity index (χ0v) is 7.47. The van der Waals surface area contributed by atoms with Gasteiger partial charge in [0.1, 0.15) is 0 Å². The first-order valence-corrected chi connectivity index (χ1v) is 4.35. The molecule has 1 amide bonds. The average Bonchev–Trinajstić information content (AvgIpc) is 1.98. The molecule has 0 aromatic rings. The molecule has 0 saturated heterocycles. The first kappa shape index (κ1) is 9.26. The van der Waals surface area contributed by atoms with E-state index in [2.05, 4.69) is 12.2 Å². The van der Waals surface area contributed by atoms with E-state index in [9.17, 15) is 4.79 Å². The summed E-state index contributed by atoms with van der Waals surface area (Å²) in [6, 6.07) is 0. The van der Waals surface area contributed by atoms with Crippen molar-refractivity contribution in [2.45, 2.75) is 31.7 Å². The quantitative estimate of drug-likeness (QED) is 0.605. The van der Waals surface area contributed by atoms with Crippen LogP contribution in [-0.2, 0) is 4.79 Å². The van der Waals surface area contributed by atoms with Gasteiger partial charge in [0.15, 0.2) is 0 Å². The summed E-state index contributed by atoms with van der Waals surface area (Å²) in [6.07, 6.45) is 6.57. The topological polar surface area (TPSA) is 55.1 Å². The molecule has 0 bridgehead atoms. The Balaban J connectivity index is 2.30. The summed E-state index contributed by atoms with van der Waals surface area (Å²) in [5, 5.41) is 2.95. The average molecular weight is 168 g/mol. The maximum atomic E-state index is 11.2. The van der Waals surface area contributed by atoms with Crippen molar-refractivity contribution in [1.82, 2.24) is 5.32 Å². The largest absolute Gasteiger partial charge is 0.347 e. The van der Waals surface area contributed by atoms with Gasteiger partial charge in [-0.3, -0.25) is 4.79 Å². The third-order valence-corrected chi connectivity index (χ3v) is 2.29. The highest BCUT2D eigenvalue weighted by Crippen LogP contribution is 2.30. The molecular formula is C9H16N2O. The molecule has 0 spiro atoms. The second-order valence-electron chi connectivity index (χ2n) is 3.54. The summed E-state index contributed by atoms with van der Waals surface area (Å²) in [7, 11) is 0. The van der Waals surface area contributed by atoms with Gasteiger partial charge in [0, 0.05) is 18.2 Å². The molecule has 3 N–H and O–H groups in total. The monoisotopic (exact) mass is 168 g/mol. The van der Waals surface area contributed by atoms with Crippen LogP contribution in [0.1, 0.15) is 26.2 Å². The van der Waals surface area contributed by atoms with E-state index in [1.165, 1.54) is 12.5 Å². The standard InChI is InChI=1S/C9H16N2O/c1-9(5-3-6-9)11-8(12)4-2-7-10/h2,4H,3,5-7,10H2,1H3,(H,11,12)/b4-2+. The van der Waals surface area contributed by atoms with Crippen molar-refractivity contribution in [3.8, 4) is 0 Å². The summed E-state index contributed by atoms with van der Waals surface area (Å²) in [6.45, 7) is 2.49. The summed E-state index contributed by atoms with van der Waals surface area (Å²) in [4.78, 5) is 11.2. The molecule has 1 saturated carbocycles. The van der Waals surface area contributed by atoms with Crippen LogP contribution >= 0.6 is 0 Å². The van der Waals surface area contributed by atoms with E-state index in [0.717, 1.165) is 12.8 Å². The van der Waals surface area contributed by atoms with Crippen molar-refractivity contribution in [3.63, 3.8) is 0 Å². The fraction of sp³-hybridized carbons (Fsp3) is 0.667. The lowest BCUT2D eigenvalue weighted by molar-refractivity contribution is -0.119. The summed E-state index contributed by atoms with van der Waals surface area (Å²) in [5.41, 5.74) is 5.27. The van der Waals surface area contributed by atoms with E-state index in [1.54, 1.807) is 6.08 Å². The lowest BCUT2D eigenvalue weighted by Crippen LogP contribution is -2.50. The Morgan fingerprint density at radius 3 is 2.75 bits per heavy atom. The molecule has 0 unspecified atom stereocenters. The maximum Gasteiger partial charge on any atom is 0.244 e. The molecule has 1 rings (SSSR count). The predicted octanol–water partition coefficient (Wildman–Crippen LogP) is 0.560. The fourth-order valence-corrected chi connectivity index (χ4v) is 1.35. The lowest BCUT2D eigenvalue weighted by atomic mass is 9.78. The van der Waals surface area contributed by atoms with E-state index in [-0.39, 0.29) is 11.4 Å². The van der Waals surface area contributed by atoms with Crippen LogP contribution in [0, 0.1) is 0 Å². The number of carbonyl (C=O) groups is 1. The normalized spacial score (nSPS) is 20.5. The highest BCUT2D eigenvalue weighted by atomic mass is 16.1. The van der Waals surface area contributed by atoms with E-state index in [1.807, 2.05) is 0 Å². The molecule has 0 aromatic heterocycles. The minimum absolute atomic E-state index is 0.0253. The van der Waals surface area contributed by atoms with Crippen LogP contribution in [0.3, 0.4) is 0 Å². The number of carbonyl (C=O) groups excluding carboxylic acids is 1. The Hall–Kier alpha value is -0.830. The molecule has 0 heterocycles. The van der Waals surface area contributed by atoms with E-state index < -0.39 is 0 Å². The second-order valence-corrected chi connectivity index (χ2v) is 3.54. The van der Waals surface area contributed by atoms with Crippen molar-refractivity contribution in [1.29, 1.82) is 0 Å². The first-order chi connectivity index (χ1) is 5.66. The molecule has 3 nitrogen and oxygen atoms in total. The van der Waals surface area contributed by atoms with Gasteiger partial charge in [0.25, 0.3) is 0 Å². The number of rotatable bonds is 3. The maximum absolute atomic E-state index is 11.2. The van der Waals surface area contributed by atoms with E-state index in [0.29, 0.717) is 6.54 Å². The minimum Gasteiger partial charge on any atom is -0.347 e. The molecule has 12 heavy (non-hydrogen) atoms. The molecule has 68 valence electrons. The van der Waals surface area contributed by atoms with Gasteiger partial charge >= 0.3 is 0 Å². The SMILES string of the molecule is CC1(NC(=O)/C=C/CN)CCC1. The van der Waals surface area contributed by atoms with Crippen LogP contribution < -0.4 is 11.1 Å². The molecule has 1 aliphatic carbocycles. The van der Waals surface area contributed by atoms with E-state index in [4.69, 9.17) is 5.73 Å². The van der Waals surface area contributed by atoms with Crippen LogP contribution in [0.2, 0.25) is 0 Å². The number of hydrogen-bond donors (Lipinski definition) is 2. The number of nitrogens with two attached hydrogens (primary N) is 1. The van der Waals surface area contributed by atoms with Gasteiger partial charge in [0.2, 0.25) is 5.91 Å². The number of nitrogens with one attached hydrogen (secondary N) is 1. The Morgan fingerprint density at radius 2 is 2.33 bits per heavy atom. The van der Waals surface area contributed by atoms with Gasteiger partial charge in [-0.2, -0.15) is 0 Å². The predicted molar refractivity (Wildman–Crippen MR) is 48.6 cm³/mol. The number of amides is 1. The Bertz CT molecular complexity index is 195. The molecule has 0 radical (unpaired) electrons. The zero-order chi connectivity index (χ0) is 9.03. The summed E-state index contributed by atoms with van der Waals surface area (Å²) < 4.78 is 0. The first-order valence-electron chi connectivity index (χ1n) is 4.35. The molecule has 3 heteroatoms. The third-order valence-electron chi connectivity index (χ3n) is 2.29. The number of hydrogen-bond acceptors (Lipinski definition) is 2. The Morgan fingerprint density at radius 1 is 1.67 bits per heavy atom. The molecule has 0 atom stereocenters. The van der Waals surface area contributed by atoms with Crippen molar-refractivity contribution in [3.05, 3.63) is 12.2 Å². The molecular weight excluding hydrogens is 152 g/mol.